The van der Waals surface area contributed by atoms with Gasteiger partial charge in [0.1, 0.15) is 12.7 Å². The molecule has 0 radical (unpaired) electrons. The number of aromatic nitrogens is 4. The summed E-state index contributed by atoms with van der Waals surface area (Å²) in [6.45, 7) is 1.52. The molecule has 0 saturated carbocycles. The van der Waals surface area contributed by atoms with Gasteiger partial charge in [-0.05, 0) is 49.2 Å². The third-order valence-corrected chi connectivity index (χ3v) is 6.36. The molecule has 3 heterocycles. The Morgan fingerprint density at radius 3 is 2.75 bits per heavy atom. The van der Waals surface area contributed by atoms with Crippen LogP contribution in [0.25, 0.3) is 15.9 Å². The van der Waals surface area contributed by atoms with Crippen LogP contribution in [0, 0.1) is 0 Å². The largest absolute Gasteiger partial charge is 0.338 e. The van der Waals surface area contributed by atoms with Crippen LogP contribution in [0.1, 0.15) is 34.1 Å². The number of rotatable bonds is 3. The average molecular weight is 389 g/mol. The van der Waals surface area contributed by atoms with Gasteiger partial charge in [-0.3, -0.25) is 4.79 Å². The number of likely N-dealkylation sites (tertiary alicyclic amines) is 1. The quantitative estimate of drug-likeness (QED) is 0.533. The summed E-state index contributed by atoms with van der Waals surface area (Å²) in [6.07, 6.45) is 5.22. The molecule has 28 heavy (non-hydrogen) atoms. The highest BCUT2D eigenvalue weighted by Crippen LogP contribution is 2.33. The summed E-state index contributed by atoms with van der Waals surface area (Å²) in [6, 6.07) is 15.8. The van der Waals surface area contributed by atoms with E-state index in [0.29, 0.717) is 11.5 Å². The lowest BCUT2D eigenvalue weighted by Crippen LogP contribution is -2.39. The number of piperidine rings is 1. The smallest absolute Gasteiger partial charge is 0.253 e. The molecule has 4 aromatic rings. The Bertz CT molecular complexity index is 1070. The molecule has 0 spiro atoms. The van der Waals surface area contributed by atoms with Crippen LogP contribution in [0.2, 0.25) is 0 Å². The molecule has 1 unspecified atom stereocenters. The van der Waals surface area contributed by atoms with Gasteiger partial charge in [0.2, 0.25) is 0 Å². The van der Waals surface area contributed by atoms with Crippen LogP contribution in [0.15, 0.2) is 61.2 Å². The highest BCUT2D eigenvalue weighted by Gasteiger charge is 2.27. The average Bonchev–Trinajstić information content (AvgIpc) is 3.43. The van der Waals surface area contributed by atoms with Gasteiger partial charge in [-0.15, -0.1) is 11.3 Å². The van der Waals surface area contributed by atoms with E-state index in [4.69, 9.17) is 4.98 Å². The zero-order valence-electron chi connectivity index (χ0n) is 15.2. The Hall–Kier alpha value is -3.06. The molecule has 0 bridgehead atoms. The van der Waals surface area contributed by atoms with Crippen molar-refractivity contribution >= 4 is 27.5 Å². The van der Waals surface area contributed by atoms with Gasteiger partial charge in [0.05, 0.1) is 20.9 Å². The van der Waals surface area contributed by atoms with Crippen LogP contribution in [0.3, 0.4) is 0 Å². The summed E-state index contributed by atoms with van der Waals surface area (Å²) in [5.41, 5.74) is 2.64. The van der Waals surface area contributed by atoms with E-state index in [-0.39, 0.29) is 5.91 Å². The van der Waals surface area contributed by atoms with Crippen LogP contribution in [-0.4, -0.2) is 43.6 Å². The number of carbonyl (C=O) groups is 1. The van der Waals surface area contributed by atoms with E-state index in [1.807, 2.05) is 41.3 Å². The van der Waals surface area contributed by atoms with Crippen molar-refractivity contribution in [3.05, 3.63) is 71.8 Å². The van der Waals surface area contributed by atoms with Gasteiger partial charge in [0.15, 0.2) is 0 Å². The molecule has 0 N–H and O–H groups in total. The van der Waals surface area contributed by atoms with E-state index < -0.39 is 0 Å². The highest BCUT2D eigenvalue weighted by atomic mass is 32.1. The first kappa shape index (κ1) is 17.1. The van der Waals surface area contributed by atoms with E-state index in [9.17, 15) is 4.79 Å². The zero-order valence-corrected chi connectivity index (χ0v) is 16.0. The normalized spacial score (nSPS) is 17.1. The van der Waals surface area contributed by atoms with Crippen LogP contribution < -0.4 is 0 Å². The molecule has 2 aromatic heterocycles. The molecule has 1 aliphatic heterocycles. The lowest BCUT2D eigenvalue weighted by Gasteiger charge is -2.32. The van der Waals surface area contributed by atoms with Crippen LogP contribution in [-0.2, 0) is 0 Å². The van der Waals surface area contributed by atoms with Crippen molar-refractivity contribution in [3.8, 4) is 5.69 Å². The molecule has 6 nitrogen and oxygen atoms in total. The molecule has 7 heteroatoms. The van der Waals surface area contributed by atoms with Crippen molar-refractivity contribution in [3.63, 3.8) is 0 Å². The second-order valence-corrected chi connectivity index (χ2v) is 8.06. The van der Waals surface area contributed by atoms with Gasteiger partial charge >= 0.3 is 0 Å². The Morgan fingerprint density at radius 1 is 1.11 bits per heavy atom. The van der Waals surface area contributed by atoms with E-state index in [1.165, 1.54) is 11.0 Å². The van der Waals surface area contributed by atoms with E-state index in [0.717, 1.165) is 42.1 Å². The fourth-order valence-electron chi connectivity index (χ4n) is 3.71. The van der Waals surface area contributed by atoms with Crippen molar-refractivity contribution in [2.24, 2.45) is 0 Å². The number of carbonyl (C=O) groups excluding carboxylic acids is 1. The lowest BCUT2D eigenvalue weighted by atomic mass is 9.98. The lowest BCUT2D eigenvalue weighted by molar-refractivity contribution is 0.0707. The van der Waals surface area contributed by atoms with Gasteiger partial charge in [-0.2, -0.15) is 5.10 Å². The minimum atomic E-state index is 0.0796. The standard InChI is InChI=1S/C21H19N5OS/c27-21(15-7-9-17(10-8-15)26-14-22-13-23-26)25-11-3-4-16(12-25)20-24-18-5-1-2-6-19(18)28-20/h1-2,5-10,13-14,16H,3-4,11-12H2. The van der Waals surface area contributed by atoms with E-state index in [2.05, 4.69) is 22.2 Å². The SMILES string of the molecule is O=C(c1ccc(-n2cncn2)cc1)N1CCCC(c2nc3ccccc3s2)C1. The second-order valence-electron chi connectivity index (χ2n) is 7.00. The summed E-state index contributed by atoms with van der Waals surface area (Å²) >= 11 is 1.75. The molecule has 1 atom stereocenters. The van der Waals surface area contributed by atoms with Gasteiger partial charge in [-0.25, -0.2) is 14.6 Å². The van der Waals surface area contributed by atoms with E-state index >= 15 is 0 Å². The fourth-order valence-corrected chi connectivity index (χ4v) is 4.80. The van der Waals surface area contributed by atoms with Crippen molar-refractivity contribution in [1.29, 1.82) is 0 Å². The number of para-hydroxylation sites is 1. The number of thiazole rings is 1. The van der Waals surface area contributed by atoms with Crippen LogP contribution in [0.4, 0.5) is 0 Å². The van der Waals surface area contributed by atoms with Crippen molar-refractivity contribution < 1.29 is 4.79 Å². The van der Waals surface area contributed by atoms with Gasteiger partial charge in [0.25, 0.3) is 5.91 Å². The maximum absolute atomic E-state index is 13.0. The molecule has 5 rings (SSSR count). The maximum atomic E-state index is 13.0. The molecular weight excluding hydrogens is 370 g/mol. The van der Waals surface area contributed by atoms with E-state index in [1.54, 1.807) is 22.3 Å². The third kappa shape index (κ3) is 3.18. The number of hydrogen-bond donors (Lipinski definition) is 0. The number of fused-ring (bicyclic) bond motifs is 1. The van der Waals surface area contributed by atoms with Gasteiger partial charge < -0.3 is 4.90 Å². The van der Waals surface area contributed by atoms with Gasteiger partial charge in [-0.1, -0.05) is 12.1 Å². The topological polar surface area (TPSA) is 63.9 Å². The number of hydrogen-bond acceptors (Lipinski definition) is 5. The first-order chi connectivity index (χ1) is 13.8. The van der Waals surface area contributed by atoms with Crippen molar-refractivity contribution in [2.45, 2.75) is 18.8 Å². The summed E-state index contributed by atoms with van der Waals surface area (Å²) < 4.78 is 2.89. The summed E-state index contributed by atoms with van der Waals surface area (Å²) in [5.74, 6) is 0.389. The minimum absolute atomic E-state index is 0.0796. The minimum Gasteiger partial charge on any atom is -0.338 e. The summed E-state index contributed by atoms with van der Waals surface area (Å²) in [7, 11) is 0. The monoisotopic (exact) mass is 389 g/mol. The molecule has 1 fully saturated rings. The summed E-state index contributed by atoms with van der Waals surface area (Å²) in [4.78, 5) is 23.7. The number of amides is 1. The number of benzene rings is 2. The third-order valence-electron chi connectivity index (χ3n) is 5.17. The summed E-state index contributed by atoms with van der Waals surface area (Å²) in [5, 5.41) is 5.26. The predicted octanol–water partition coefficient (Wildman–Crippen LogP) is 3.90. The molecule has 1 aliphatic rings. The zero-order chi connectivity index (χ0) is 18.9. The van der Waals surface area contributed by atoms with Crippen molar-refractivity contribution in [2.75, 3.05) is 13.1 Å². The first-order valence-corrected chi connectivity index (χ1v) is 10.2. The second kappa shape index (κ2) is 7.16. The Balaban J connectivity index is 1.33. The Kier molecular flexibility index (Phi) is 4.37. The van der Waals surface area contributed by atoms with Crippen molar-refractivity contribution in [1.82, 2.24) is 24.6 Å². The molecule has 1 saturated heterocycles. The predicted molar refractivity (Wildman–Crippen MR) is 109 cm³/mol. The molecular formula is C21H19N5OS. The van der Waals surface area contributed by atoms with Gasteiger partial charge in [0, 0.05) is 24.6 Å². The first-order valence-electron chi connectivity index (χ1n) is 9.38. The Morgan fingerprint density at radius 2 is 1.96 bits per heavy atom. The highest BCUT2D eigenvalue weighted by molar-refractivity contribution is 7.18. The Labute approximate surface area is 166 Å². The molecule has 0 aliphatic carbocycles. The van der Waals surface area contributed by atoms with Crippen LogP contribution >= 0.6 is 11.3 Å². The van der Waals surface area contributed by atoms with Crippen LogP contribution in [0.5, 0.6) is 0 Å². The molecule has 140 valence electrons. The maximum Gasteiger partial charge on any atom is 0.253 e. The molecule has 1 amide bonds. The number of nitrogens with zero attached hydrogens (tertiary/aromatic N) is 5. The fraction of sp³-hybridized carbons (Fsp3) is 0.238. The molecule has 2 aromatic carbocycles.